The molecule has 22 heavy (non-hydrogen) atoms. The highest BCUT2D eigenvalue weighted by Crippen LogP contribution is 2.26. The number of carbonyl (C=O) groups excluding carboxylic acids is 1. The van der Waals surface area contributed by atoms with Crippen LogP contribution in [-0.2, 0) is 17.7 Å². The Kier molecular flexibility index (Phi) is 4.47. The quantitative estimate of drug-likeness (QED) is 0.867. The molecule has 0 saturated carbocycles. The van der Waals surface area contributed by atoms with Crippen LogP contribution in [0.1, 0.15) is 60.3 Å². The zero-order chi connectivity index (χ0) is 15.4. The van der Waals surface area contributed by atoms with E-state index in [0.29, 0.717) is 24.1 Å². The van der Waals surface area contributed by atoms with Gasteiger partial charge in [0.25, 0.3) is 11.8 Å². The second-order valence-electron chi connectivity index (χ2n) is 5.16. The van der Waals surface area contributed by atoms with Crippen LogP contribution in [0.5, 0.6) is 0 Å². The average molecular weight is 306 g/mol. The summed E-state index contributed by atoms with van der Waals surface area (Å²) in [6, 6.07) is 1.65. The minimum atomic E-state index is -0.324. The molecule has 0 unspecified atom stereocenters. The molecule has 1 N–H and O–H groups in total. The molecule has 3 rings (SSSR count). The summed E-state index contributed by atoms with van der Waals surface area (Å²) in [6.07, 6.45) is 3.45. The lowest BCUT2D eigenvalue weighted by Gasteiger charge is -2.00. The van der Waals surface area contributed by atoms with E-state index in [9.17, 15) is 4.79 Å². The van der Waals surface area contributed by atoms with Crippen LogP contribution in [0.3, 0.4) is 0 Å². The monoisotopic (exact) mass is 306 g/mol. The first-order valence-electron chi connectivity index (χ1n) is 7.44. The Bertz CT molecular complexity index is 630. The number of ether oxygens (including phenoxy) is 1. The molecule has 0 bridgehead atoms. The largest absolute Gasteiger partial charge is 0.368 e. The van der Waals surface area contributed by atoms with E-state index in [4.69, 9.17) is 13.8 Å². The first-order chi connectivity index (χ1) is 10.8. The van der Waals surface area contributed by atoms with Gasteiger partial charge in [-0.15, -0.1) is 0 Å². The molecule has 1 aliphatic heterocycles. The zero-order valence-electron chi connectivity index (χ0n) is 12.4. The average Bonchev–Trinajstić information content (AvgIpc) is 3.25. The maximum absolute atomic E-state index is 12.0. The summed E-state index contributed by atoms with van der Waals surface area (Å²) in [7, 11) is 0. The number of nitrogens with one attached hydrogen (secondary N) is 1. The maximum Gasteiger partial charge on any atom is 0.273 e. The van der Waals surface area contributed by atoms with Crippen molar-refractivity contribution in [2.24, 2.45) is 0 Å². The molecule has 1 amide bonds. The van der Waals surface area contributed by atoms with Gasteiger partial charge in [-0.2, -0.15) is 4.98 Å². The summed E-state index contributed by atoms with van der Waals surface area (Å²) in [5.41, 5.74) is 0.256. The van der Waals surface area contributed by atoms with Gasteiger partial charge < -0.3 is 19.1 Å². The Hall–Kier alpha value is -2.22. The van der Waals surface area contributed by atoms with Gasteiger partial charge in [-0.3, -0.25) is 4.79 Å². The van der Waals surface area contributed by atoms with Crippen molar-refractivity contribution in [3.8, 4) is 0 Å². The number of aromatic nitrogens is 3. The maximum atomic E-state index is 12.0. The van der Waals surface area contributed by atoms with Crippen LogP contribution in [-0.4, -0.2) is 27.8 Å². The number of aryl methyl sites for hydroxylation is 1. The molecule has 0 aromatic carbocycles. The molecule has 118 valence electrons. The SMILES string of the molecule is CCCc1cc(C(=O)NCc2noc([C@H]3CCCO3)n2)no1. The minimum Gasteiger partial charge on any atom is -0.368 e. The molecule has 1 fully saturated rings. The second kappa shape index (κ2) is 6.69. The van der Waals surface area contributed by atoms with Crippen molar-refractivity contribution in [1.29, 1.82) is 0 Å². The fourth-order valence-electron chi connectivity index (χ4n) is 2.28. The Morgan fingerprint density at radius 3 is 3.09 bits per heavy atom. The molecule has 8 heteroatoms. The highest BCUT2D eigenvalue weighted by Gasteiger charge is 2.24. The van der Waals surface area contributed by atoms with Crippen molar-refractivity contribution >= 4 is 5.91 Å². The summed E-state index contributed by atoms with van der Waals surface area (Å²) < 4.78 is 15.7. The number of rotatable bonds is 6. The van der Waals surface area contributed by atoms with Crippen molar-refractivity contribution < 1.29 is 18.6 Å². The van der Waals surface area contributed by atoms with Crippen molar-refractivity contribution in [2.45, 2.75) is 45.3 Å². The fraction of sp³-hybridized carbons (Fsp3) is 0.571. The van der Waals surface area contributed by atoms with Crippen LogP contribution in [0.15, 0.2) is 15.1 Å². The topological polar surface area (TPSA) is 103 Å². The van der Waals surface area contributed by atoms with E-state index in [2.05, 4.69) is 20.6 Å². The lowest BCUT2D eigenvalue weighted by molar-refractivity contribution is 0.0835. The molecule has 1 atom stereocenters. The third-order valence-electron chi connectivity index (χ3n) is 3.38. The van der Waals surface area contributed by atoms with Crippen LogP contribution >= 0.6 is 0 Å². The molecular formula is C14H18N4O4. The smallest absolute Gasteiger partial charge is 0.273 e. The van der Waals surface area contributed by atoms with Gasteiger partial charge in [0, 0.05) is 19.1 Å². The van der Waals surface area contributed by atoms with E-state index in [0.717, 1.165) is 25.7 Å². The number of hydrogen-bond acceptors (Lipinski definition) is 7. The summed E-state index contributed by atoms with van der Waals surface area (Å²) in [5.74, 6) is 1.26. The highest BCUT2D eigenvalue weighted by atomic mass is 16.5. The van der Waals surface area contributed by atoms with Crippen LogP contribution in [0.2, 0.25) is 0 Å². The van der Waals surface area contributed by atoms with Crippen LogP contribution in [0, 0.1) is 0 Å². The van der Waals surface area contributed by atoms with Gasteiger partial charge in [0.05, 0.1) is 6.54 Å². The summed E-state index contributed by atoms with van der Waals surface area (Å²) >= 11 is 0. The molecule has 2 aromatic rings. The van der Waals surface area contributed by atoms with E-state index in [-0.39, 0.29) is 24.2 Å². The normalized spacial score (nSPS) is 17.8. The van der Waals surface area contributed by atoms with Crippen LogP contribution < -0.4 is 5.32 Å². The van der Waals surface area contributed by atoms with E-state index >= 15 is 0 Å². The van der Waals surface area contributed by atoms with Gasteiger partial charge in [-0.1, -0.05) is 17.2 Å². The third kappa shape index (κ3) is 3.33. The zero-order valence-corrected chi connectivity index (χ0v) is 12.4. The van der Waals surface area contributed by atoms with E-state index in [1.807, 2.05) is 6.92 Å². The lowest BCUT2D eigenvalue weighted by atomic mass is 10.2. The predicted octanol–water partition coefficient (Wildman–Crippen LogP) is 1.79. The number of hydrogen-bond donors (Lipinski definition) is 1. The lowest BCUT2D eigenvalue weighted by Crippen LogP contribution is -2.23. The summed E-state index contributed by atoms with van der Waals surface area (Å²) in [6.45, 7) is 2.92. The van der Waals surface area contributed by atoms with Gasteiger partial charge in [-0.25, -0.2) is 0 Å². The molecule has 2 aromatic heterocycles. The van der Waals surface area contributed by atoms with Gasteiger partial charge in [0.2, 0.25) is 0 Å². The van der Waals surface area contributed by atoms with E-state index in [1.54, 1.807) is 6.07 Å². The Balaban J connectivity index is 1.54. The van der Waals surface area contributed by atoms with E-state index < -0.39 is 0 Å². The Morgan fingerprint density at radius 1 is 1.41 bits per heavy atom. The highest BCUT2D eigenvalue weighted by molar-refractivity contribution is 5.92. The summed E-state index contributed by atoms with van der Waals surface area (Å²) in [5, 5.41) is 10.3. The Morgan fingerprint density at radius 2 is 2.32 bits per heavy atom. The molecule has 3 heterocycles. The number of nitrogens with zero attached hydrogens (tertiary/aromatic N) is 3. The number of carbonyl (C=O) groups is 1. The predicted molar refractivity (Wildman–Crippen MR) is 73.9 cm³/mol. The van der Waals surface area contributed by atoms with Crippen LogP contribution in [0.25, 0.3) is 0 Å². The van der Waals surface area contributed by atoms with Gasteiger partial charge in [0.15, 0.2) is 11.5 Å². The number of amides is 1. The molecule has 1 aliphatic rings. The molecule has 0 radical (unpaired) electrons. The molecule has 0 spiro atoms. The third-order valence-corrected chi connectivity index (χ3v) is 3.38. The standard InChI is InChI=1S/C14H18N4O4/c1-2-4-9-7-10(17-21-9)13(19)15-8-12-16-14(22-18-12)11-5-3-6-20-11/h7,11H,2-6,8H2,1H3,(H,15,19)/t11-/m1/s1. The molecular weight excluding hydrogens is 288 g/mol. The van der Waals surface area contributed by atoms with Gasteiger partial charge in [0.1, 0.15) is 11.9 Å². The van der Waals surface area contributed by atoms with Crippen molar-refractivity contribution in [3.05, 3.63) is 29.2 Å². The molecule has 0 aliphatic carbocycles. The van der Waals surface area contributed by atoms with Gasteiger partial charge in [-0.05, 0) is 19.3 Å². The summed E-state index contributed by atoms with van der Waals surface area (Å²) in [4.78, 5) is 16.2. The molecule has 8 nitrogen and oxygen atoms in total. The van der Waals surface area contributed by atoms with Crippen molar-refractivity contribution in [2.75, 3.05) is 6.61 Å². The fourth-order valence-corrected chi connectivity index (χ4v) is 2.28. The minimum absolute atomic E-state index is 0.121. The first kappa shape index (κ1) is 14.7. The molecule has 1 saturated heterocycles. The van der Waals surface area contributed by atoms with Crippen molar-refractivity contribution in [1.82, 2.24) is 20.6 Å². The van der Waals surface area contributed by atoms with Gasteiger partial charge >= 0.3 is 0 Å². The first-order valence-corrected chi connectivity index (χ1v) is 7.44. The van der Waals surface area contributed by atoms with Crippen molar-refractivity contribution in [3.63, 3.8) is 0 Å². The Labute approximate surface area is 127 Å². The van der Waals surface area contributed by atoms with Crippen LogP contribution in [0.4, 0.5) is 0 Å². The second-order valence-corrected chi connectivity index (χ2v) is 5.16. The van der Waals surface area contributed by atoms with E-state index in [1.165, 1.54) is 0 Å².